The molecule has 0 aliphatic rings. The van der Waals surface area contributed by atoms with Crippen LogP contribution in [0.2, 0.25) is 0 Å². The normalized spacial score (nSPS) is 13.5. The molecule has 2 aromatic rings. The number of imidazole rings is 1. The van der Waals surface area contributed by atoms with Gasteiger partial charge in [0.2, 0.25) is 5.95 Å². The average Bonchev–Trinajstić information content (AvgIpc) is 2.86. The molecule has 0 spiro atoms. The van der Waals surface area contributed by atoms with Crippen LogP contribution in [0.3, 0.4) is 0 Å². The number of phosphoric acid groups is 1. The quantitative estimate of drug-likeness (QED) is 0.314. The van der Waals surface area contributed by atoms with Gasteiger partial charge in [-0.15, -0.1) is 0 Å². The fourth-order valence-electron chi connectivity index (χ4n) is 2.03. The highest BCUT2D eigenvalue weighted by molar-refractivity contribution is 7.46. The van der Waals surface area contributed by atoms with Gasteiger partial charge in [0, 0.05) is 7.11 Å². The Balaban J connectivity index is 2.05. The molecule has 2 heterocycles. The molecule has 0 aliphatic carbocycles. The third-order valence-electron chi connectivity index (χ3n) is 2.94. The fourth-order valence-corrected chi connectivity index (χ4v) is 2.35. The van der Waals surface area contributed by atoms with Gasteiger partial charge in [0.15, 0.2) is 11.2 Å². The first-order valence-corrected chi connectivity index (χ1v) is 8.34. The van der Waals surface area contributed by atoms with Crippen LogP contribution in [-0.2, 0) is 25.1 Å². The lowest BCUT2D eigenvalue weighted by molar-refractivity contribution is -0.0229. The van der Waals surface area contributed by atoms with Crippen molar-refractivity contribution in [1.29, 1.82) is 0 Å². The zero-order valence-corrected chi connectivity index (χ0v) is 13.7. The molecule has 0 aromatic carbocycles. The van der Waals surface area contributed by atoms with Gasteiger partial charge in [0.05, 0.1) is 38.8 Å². The van der Waals surface area contributed by atoms with E-state index in [1.54, 1.807) is 4.57 Å². The number of anilines is 1. The van der Waals surface area contributed by atoms with E-state index in [1.165, 1.54) is 13.4 Å². The lowest BCUT2D eigenvalue weighted by Crippen LogP contribution is -2.26. The molecule has 0 fully saturated rings. The summed E-state index contributed by atoms with van der Waals surface area (Å²) in [5.74, 6) is -0.0338. The van der Waals surface area contributed by atoms with Gasteiger partial charge in [-0.05, 0) is 0 Å². The summed E-state index contributed by atoms with van der Waals surface area (Å²) >= 11 is 0. The van der Waals surface area contributed by atoms with Crippen LogP contribution in [0.4, 0.5) is 5.95 Å². The molecule has 0 saturated heterocycles. The average molecular weight is 363 g/mol. The monoisotopic (exact) mass is 363 g/mol. The predicted molar refractivity (Wildman–Crippen MR) is 82.2 cm³/mol. The maximum Gasteiger partial charge on any atom is 0.469 e. The number of nitrogens with zero attached hydrogens (tertiary/aromatic N) is 3. The van der Waals surface area contributed by atoms with Crippen molar-refractivity contribution in [3.8, 4) is 0 Å². The molecule has 2 rings (SSSR count). The van der Waals surface area contributed by atoms with E-state index in [1.807, 2.05) is 0 Å². The van der Waals surface area contributed by atoms with Gasteiger partial charge >= 0.3 is 7.82 Å². The van der Waals surface area contributed by atoms with Crippen molar-refractivity contribution >= 4 is 24.9 Å². The van der Waals surface area contributed by atoms with Crippen molar-refractivity contribution in [3.63, 3.8) is 0 Å². The van der Waals surface area contributed by atoms with E-state index in [4.69, 9.17) is 25.0 Å². The lowest BCUT2D eigenvalue weighted by atomic mass is 10.3. The lowest BCUT2D eigenvalue weighted by Gasteiger charge is -2.18. The number of hydrogen-bond acceptors (Lipinski definition) is 8. The van der Waals surface area contributed by atoms with E-state index in [0.717, 1.165) is 0 Å². The van der Waals surface area contributed by atoms with Crippen LogP contribution >= 0.6 is 7.82 Å². The Hall–Kier alpha value is -1.82. The molecule has 24 heavy (non-hydrogen) atoms. The summed E-state index contributed by atoms with van der Waals surface area (Å²) in [7, 11) is -3.05. The summed E-state index contributed by atoms with van der Waals surface area (Å²) in [4.78, 5) is 39.3. The van der Waals surface area contributed by atoms with Crippen LogP contribution < -0.4 is 11.3 Å². The summed E-state index contributed by atoms with van der Waals surface area (Å²) in [6.07, 6.45) is 0.944. The molecule has 1 unspecified atom stereocenters. The molecule has 0 radical (unpaired) electrons. The highest BCUT2D eigenvalue weighted by atomic mass is 31.2. The SMILES string of the molecule is COCC(Cn1cnc2c(=O)[nH]c(N)nc21)OCCOP(=O)(O)O. The van der Waals surface area contributed by atoms with E-state index >= 15 is 0 Å². The number of nitrogens with two attached hydrogens (primary N) is 1. The van der Waals surface area contributed by atoms with Crippen LogP contribution in [0, 0.1) is 0 Å². The zero-order chi connectivity index (χ0) is 17.7. The summed E-state index contributed by atoms with van der Waals surface area (Å²) < 4.78 is 27.0. The first-order valence-electron chi connectivity index (χ1n) is 6.81. The summed E-state index contributed by atoms with van der Waals surface area (Å²) in [5, 5.41) is 0. The molecular weight excluding hydrogens is 345 g/mol. The molecule has 0 saturated carbocycles. The Morgan fingerprint density at radius 3 is 2.88 bits per heavy atom. The van der Waals surface area contributed by atoms with Crippen LogP contribution in [0.5, 0.6) is 0 Å². The second-order valence-corrected chi connectivity index (χ2v) is 6.03. The van der Waals surface area contributed by atoms with Crippen molar-refractivity contribution in [2.24, 2.45) is 0 Å². The number of phosphoric ester groups is 1. The van der Waals surface area contributed by atoms with Crippen molar-refractivity contribution in [1.82, 2.24) is 19.5 Å². The minimum absolute atomic E-state index is 0.0338. The molecule has 0 aliphatic heterocycles. The molecule has 2 aromatic heterocycles. The van der Waals surface area contributed by atoms with Crippen LogP contribution in [0.1, 0.15) is 0 Å². The van der Waals surface area contributed by atoms with Gasteiger partial charge in [0.25, 0.3) is 5.56 Å². The number of nitrogens with one attached hydrogen (secondary N) is 1. The first-order chi connectivity index (χ1) is 11.3. The predicted octanol–water partition coefficient (Wildman–Crippen LogP) is -1.16. The zero-order valence-electron chi connectivity index (χ0n) is 12.8. The second kappa shape index (κ2) is 7.83. The Labute approximate surface area is 135 Å². The smallest absolute Gasteiger partial charge is 0.382 e. The van der Waals surface area contributed by atoms with Crippen molar-refractivity contribution in [3.05, 3.63) is 16.7 Å². The molecule has 12 nitrogen and oxygen atoms in total. The van der Waals surface area contributed by atoms with Gasteiger partial charge in [-0.2, -0.15) is 4.98 Å². The number of rotatable bonds is 9. The van der Waals surface area contributed by atoms with Gasteiger partial charge in [-0.3, -0.25) is 14.3 Å². The molecular formula is C11H18N5O7P. The van der Waals surface area contributed by atoms with Gasteiger partial charge < -0.3 is 29.6 Å². The van der Waals surface area contributed by atoms with Gasteiger partial charge in [0.1, 0.15) is 0 Å². The Kier molecular flexibility index (Phi) is 6.04. The minimum Gasteiger partial charge on any atom is -0.382 e. The van der Waals surface area contributed by atoms with E-state index in [2.05, 4.69) is 19.5 Å². The molecule has 134 valence electrons. The number of ether oxygens (including phenoxy) is 2. The van der Waals surface area contributed by atoms with E-state index in [0.29, 0.717) is 5.65 Å². The van der Waals surface area contributed by atoms with Crippen LogP contribution in [0.15, 0.2) is 11.1 Å². The summed E-state index contributed by atoms with van der Waals surface area (Å²) in [5.41, 5.74) is 5.52. The topological polar surface area (TPSA) is 175 Å². The highest BCUT2D eigenvalue weighted by Crippen LogP contribution is 2.35. The first kappa shape index (κ1) is 18.5. The van der Waals surface area contributed by atoms with E-state index in [9.17, 15) is 9.36 Å². The molecule has 0 amide bonds. The molecule has 5 N–H and O–H groups in total. The number of hydrogen-bond donors (Lipinski definition) is 4. The fraction of sp³-hybridized carbons (Fsp3) is 0.545. The Morgan fingerprint density at radius 1 is 1.46 bits per heavy atom. The molecule has 0 bridgehead atoms. The maximum absolute atomic E-state index is 11.7. The largest absolute Gasteiger partial charge is 0.469 e. The third-order valence-corrected chi connectivity index (χ3v) is 3.46. The molecule has 1 atom stereocenters. The Morgan fingerprint density at radius 2 is 2.21 bits per heavy atom. The number of methoxy groups -OCH3 is 1. The van der Waals surface area contributed by atoms with Crippen LogP contribution in [-0.4, -0.2) is 62.3 Å². The third kappa shape index (κ3) is 5.09. The summed E-state index contributed by atoms with van der Waals surface area (Å²) in [6.45, 7) is 0.117. The highest BCUT2D eigenvalue weighted by Gasteiger charge is 2.17. The van der Waals surface area contributed by atoms with Crippen molar-refractivity contribution in [2.45, 2.75) is 12.6 Å². The molecule has 13 heteroatoms. The number of fused-ring (bicyclic) bond motifs is 1. The van der Waals surface area contributed by atoms with E-state index < -0.39 is 19.5 Å². The Bertz CT molecular complexity index is 785. The number of nitrogen functional groups attached to an aromatic ring is 1. The van der Waals surface area contributed by atoms with Crippen LogP contribution in [0.25, 0.3) is 11.2 Å². The van der Waals surface area contributed by atoms with E-state index in [-0.39, 0.29) is 37.8 Å². The number of aromatic amines is 1. The number of aromatic nitrogens is 4. The van der Waals surface area contributed by atoms with Crippen molar-refractivity contribution < 1.29 is 28.3 Å². The second-order valence-electron chi connectivity index (χ2n) is 4.79. The van der Waals surface area contributed by atoms with Gasteiger partial charge in [-0.25, -0.2) is 9.55 Å². The number of H-pyrrole nitrogens is 1. The van der Waals surface area contributed by atoms with Gasteiger partial charge in [-0.1, -0.05) is 0 Å². The minimum atomic E-state index is -4.53. The summed E-state index contributed by atoms with van der Waals surface area (Å²) in [6, 6.07) is 0. The maximum atomic E-state index is 11.7. The van der Waals surface area contributed by atoms with Crippen molar-refractivity contribution in [2.75, 3.05) is 32.7 Å². The standard InChI is InChI=1S/C11H18N5O7P/c1-21-5-7(22-2-3-23-24(18,19)20)4-16-6-13-8-9(16)14-11(12)15-10(8)17/h6-7H,2-5H2,1H3,(H2,18,19,20)(H3,12,14,15,17).